The van der Waals surface area contributed by atoms with Crippen LogP contribution in [-0.2, 0) is 6.54 Å². The van der Waals surface area contributed by atoms with Crippen molar-refractivity contribution in [3.8, 4) is 0 Å². The van der Waals surface area contributed by atoms with Crippen LogP contribution in [-0.4, -0.2) is 29.7 Å². The molecular weight excluding hydrogens is 241 g/mol. The molecule has 1 aromatic carbocycles. The number of aliphatic hydroxyl groups excluding tert-OH is 1. The fourth-order valence-electron chi connectivity index (χ4n) is 2.31. The Kier molecular flexibility index (Phi) is 4.02. The lowest BCUT2D eigenvalue weighted by molar-refractivity contribution is 0.0274. The van der Waals surface area contributed by atoms with Crippen molar-refractivity contribution in [1.29, 1.82) is 0 Å². The molecule has 0 spiro atoms. The van der Waals surface area contributed by atoms with Crippen LogP contribution in [0.3, 0.4) is 0 Å². The van der Waals surface area contributed by atoms with E-state index in [9.17, 15) is 9.50 Å². The van der Waals surface area contributed by atoms with Gasteiger partial charge in [-0.1, -0.05) is 11.6 Å². The van der Waals surface area contributed by atoms with Crippen molar-refractivity contribution < 1.29 is 9.50 Å². The van der Waals surface area contributed by atoms with E-state index in [1.165, 1.54) is 12.1 Å². The third kappa shape index (κ3) is 3.41. The molecule has 1 fully saturated rings. The summed E-state index contributed by atoms with van der Waals surface area (Å²) in [6.07, 6.45) is 1.63. The molecule has 2 nitrogen and oxygen atoms in total. The average Bonchev–Trinajstić information content (AvgIpc) is 2.21. The number of rotatable bonds is 4. The molecule has 0 amide bonds. The zero-order valence-electron chi connectivity index (χ0n) is 9.87. The van der Waals surface area contributed by atoms with Crippen LogP contribution >= 0.6 is 11.6 Å². The van der Waals surface area contributed by atoms with E-state index in [2.05, 4.69) is 4.90 Å². The van der Waals surface area contributed by atoms with Crippen molar-refractivity contribution in [3.63, 3.8) is 0 Å². The maximum absolute atomic E-state index is 13.1. The molecule has 1 aliphatic rings. The highest BCUT2D eigenvalue weighted by molar-refractivity contribution is 6.31. The molecule has 0 heterocycles. The Morgan fingerprint density at radius 3 is 2.82 bits per heavy atom. The predicted molar refractivity (Wildman–Crippen MR) is 66.5 cm³/mol. The summed E-state index contributed by atoms with van der Waals surface area (Å²) in [7, 11) is 1.99. The Balaban J connectivity index is 1.89. The van der Waals surface area contributed by atoms with Crippen LogP contribution in [0.25, 0.3) is 0 Å². The van der Waals surface area contributed by atoms with Gasteiger partial charge in [-0.3, -0.25) is 0 Å². The molecule has 1 N–H and O–H groups in total. The lowest BCUT2D eigenvalue weighted by Gasteiger charge is -2.34. The van der Waals surface area contributed by atoms with E-state index in [1.807, 2.05) is 7.05 Å². The summed E-state index contributed by atoms with van der Waals surface area (Å²) < 4.78 is 13.1. The van der Waals surface area contributed by atoms with Gasteiger partial charge in [0, 0.05) is 18.1 Å². The molecule has 0 radical (unpaired) electrons. The van der Waals surface area contributed by atoms with E-state index in [1.54, 1.807) is 6.07 Å². The lowest BCUT2D eigenvalue weighted by atomic mass is 9.82. The molecule has 2 rings (SSSR count). The second-order valence-electron chi connectivity index (χ2n) is 4.92. The second-order valence-corrected chi connectivity index (χ2v) is 5.33. The van der Waals surface area contributed by atoms with Crippen molar-refractivity contribution >= 4 is 11.6 Å². The van der Waals surface area contributed by atoms with Gasteiger partial charge in [0.15, 0.2) is 0 Å². The maximum atomic E-state index is 13.1. The Bertz CT molecular complexity index is 393. The monoisotopic (exact) mass is 257 g/mol. The van der Waals surface area contributed by atoms with Gasteiger partial charge in [-0.15, -0.1) is 0 Å². The van der Waals surface area contributed by atoms with Gasteiger partial charge in [0.1, 0.15) is 5.82 Å². The molecule has 0 atom stereocenters. The van der Waals surface area contributed by atoms with E-state index in [0.29, 0.717) is 17.5 Å². The number of hydrogen-bond donors (Lipinski definition) is 1. The van der Waals surface area contributed by atoms with Gasteiger partial charge in [-0.25, -0.2) is 4.39 Å². The summed E-state index contributed by atoms with van der Waals surface area (Å²) in [6, 6.07) is 4.44. The van der Waals surface area contributed by atoms with Crippen molar-refractivity contribution in [2.24, 2.45) is 5.92 Å². The van der Waals surface area contributed by atoms with Gasteiger partial charge >= 0.3 is 0 Å². The van der Waals surface area contributed by atoms with Crippen molar-refractivity contribution in [3.05, 3.63) is 34.6 Å². The largest absolute Gasteiger partial charge is 0.393 e. The lowest BCUT2D eigenvalue weighted by Crippen LogP contribution is -2.36. The molecule has 1 saturated carbocycles. The molecule has 17 heavy (non-hydrogen) atoms. The highest BCUT2D eigenvalue weighted by Crippen LogP contribution is 2.28. The zero-order valence-corrected chi connectivity index (χ0v) is 10.6. The molecule has 0 saturated heterocycles. The van der Waals surface area contributed by atoms with E-state index in [-0.39, 0.29) is 11.9 Å². The van der Waals surface area contributed by atoms with Crippen LogP contribution < -0.4 is 0 Å². The fourth-order valence-corrected chi connectivity index (χ4v) is 2.49. The van der Waals surface area contributed by atoms with Crippen molar-refractivity contribution in [2.45, 2.75) is 25.5 Å². The van der Waals surface area contributed by atoms with Crippen molar-refractivity contribution in [1.82, 2.24) is 4.90 Å². The molecule has 0 unspecified atom stereocenters. The van der Waals surface area contributed by atoms with Crippen LogP contribution in [0.1, 0.15) is 18.4 Å². The third-order valence-electron chi connectivity index (χ3n) is 3.23. The molecule has 0 aromatic heterocycles. The molecule has 1 aliphatic carbocycles. The van der Waals surface area contributed by atoms with E-state index < -0.39 is 0 Å². The van der Waals surface area contributed by atoms with Crippen LogP contribution in [0.4, 0.5) is 4.39 Å². The smallest absolute Gasteiger partial charge is 0.123 e. The summed E-state index contributed by atoms with van der Waals surface area (Å²) in [5, 5.41) is 9.82. The summed E-state index contributed by atoms with van der Waals surface area (Å²) in [4.78, 5) is 2.12. The van der Waals surface area contributed by atoms with Crippen molar-refractivity contribution in [2.75, 3.05) is 13.6 Å². The standard InChI is InChI=1S/C13H17ClFNO/c1-16(7-9-4-12(17)5-9)8-10-6-11(15)2-3-13(10)14/h2-3,6,9,12,17H,4-5,7-8H2,1H3. The minimum absolute atomic E-state index is 0.119. The maximum Gasteiger partial charge on any atom is 0.123 e. The SMILES string of the molecule is CN(Cc1cc(F)ccc1Cl)CC1CC(O)C1. The summed E-state index contributed by atoms with van der Waals surface area (Å²) in [5.74, 6) is 0.305. The Hall–Kier alpha value is -0.640. The molecule has 1 aromatic rings. The van der Waals surface area contributed by atoms with Gasteiger partial charge < -0.3 is 10.0 Å². The predicted octanol–water partition coefficient (Wildman–Crippen LogP) is 2.68. The van der Waals surface area contributed by atoms with Gasteiger partial charge in [-0.2, -0.15) is 0 Å². The summed E-state index contributed by atoms with van der Waals surface area (Å²) in [5.41, 5.74) is 0.814. The van der Waals surface area contributed by atoms with Crippen LogP contribution in [0.15, 0.2) is 18.2 Å². The number of benzene rings is 1. The average molecular weight is 258 g/mol. The Labute approximate surface area is 106 Å². The van der Waals surface area contributed by atoms with E-state index in [0.717, 1.165) is 24.9 Å². The molecule has 94 valence electrons. The highest BCUT2D eigenvalue weighted by atomic mass is 35.5. The minimum Gasteiger partial charge on any atom is -0.393 e. The fraction of sp³-hybridized carbons (Fsp3) is 0.538. The number of hydrogen-bond acceptors (Lipinski definition) is 2. The molecule has 0 aliphatic heterocycles. The normalized spacial score (nSPS) is 23.8. The first-order valence-corrected chi connectivity index (χ1v) is 6.23. The Morgan fingerprint density at radius 1 is 1.47 bits per heavy atom. The quantitative estimate of drug-likeness (QED) is 0.897. The van der Waals surface area contributed by atoms with Gasteiger partial charge in [0.25, 0.3) is 0 Å². The summed E-state index contributed by atoms with van der Waals surface area (Å²) >= 11 is 6.01. The first-order valence-electron chi connectivity index (χ1n) is 5.85. The van der Waals surface area contributed by atoms with E-state index in [4.69, 9.17) is 11.6 Å². The summed E-state index contributed by atoms with van der Waals surface area (Å²) in [6.45, 7) is 1.56. The van der Waals surface area contributed by atoms with Gasteiger partial charge in [-0.05, 0) is 49.6 Å². The first-order chi connectivity index (χ1) is 8.04. The van der Waals surface area contributed by atoms with Crippen LogP contribution in [0, 0.1) is 11.7 Å². The second kappa shape index (κ2) is 5.34. The molecule has 4 heteroatoms. The Morgan fingerprint density at radius 2 is 2.18 bits per heavy atom. The minimum atomic E-state index is -0.253. The topological polar surface area (TPSA) is 23.5 Å². The van der Waals surface area contributed by atoms with Crippen LogP contribution in [0.5, 0.6) is 0 Å². The number of halogens is 2. The third-order valence-corrected chi connectivity index (χ3v) is 3.60. The highest BCUT2D eigenvalue weighted by Gasteiger charge is 2.27. The van der Waals surface area contributed by atoms with Crippen LogP contribution in [0.2, 0.25) is 5.02 Å². The molecule has 0 bridgehead atoms. The van der Waals surface area contributed by atoms with E-state index >= 15 is 0 Å². The first kappa shape index (κ1) is 12.8. The number of nitrogens with zero attached hydrogens (tertiary/aromatic N) is 1. The number of aliphatic hydroxyl groups is 1. The zero-order chi connectivity index (χ0) is 12.4. The molecular formula is C13H17ClFNO. The van der Waals surface area contributed by atoms with Gasteiger partial charge in [0.05, 0.1) is 6.10 Å². The van der Waals surface area contributed by atoms with Gasteiger partial charge in [0.2, 0.25) is 0 Å².